The van der Waals surface area contributed by atoms with Crippen LogP contribution in [-0.4, -0.2) is 52.0 Å². The smallest absolute Gasteiger partial charge is 0.255 e. The first-order valence-corrected chi connectivity index (χ1v) is 10.2. The second kappa shape index (κ2) is 8.99. The minimum atomic E-state index is -3.74. The molecule has 0 saturated carbocycles. The second-order valence-electron chi connectivity index (χ2n) is 6.75. The van der Waals surface area contributed by atoms with Crippen LogP contribution in [-0.2, 0) is 14.8 Å². The molecule has 0 aliphatic heterocycles. The first-order chi connectivity index (χ1) is 13.1. The van der Waals surface area contributed by atoms with Gasteiger partial charge >= 0.3 is 0 Å². The van der Waals surface area contributed by atoms with Gasteiger partial charge in [-0.1, -0.05) is 29.8 Å². The van der Waals surface area contributed by atoms with E-state index in [0.29, 0.717) is 5.71 Å². The molecule has 0 radical (unpaired) electrons. The normalized spacial score (nSPS) is 12.1. The van der Waals surface area contributed by atoms with Gasteiger partial charge in [0.05, 0.1) is 17.2 Å². The van der Waals surface area contributed by atoms with Crippen LogP contribution in [0.15, 0.2) is 58.5 Å². The summed E-state index contributed by atoms with van der Waals surface area (Å²) in [5, 5.41) is 4.07. The Hall–Kier alpha value is -2.71. The molecule has 0 aliphatic carbocycles. The summed E-state index contributed by atoms with van der Waals surface area (Å²) < 4.78 is 26.1. The summed E-state index contributed by atoms with van der Waals surface area (Å²) >= 11 is 0. The van der Waals surface area contributed by atoms with Crippen LogP contribution < -0.4 is 10.3 Å². The van der Waals surface area contributed by atoms with Gasteiger partial charge in [0.2, 0.25) is 10.0 Å². The number of hydrogen-bond donors (Lipinski definition) is 1. The molecule has 0 heterocycles. The highest BCUT2D eigenvalue weighted by molar-refractivity contribution is 7.89. The van der Waals surface area contributed by atoms with Crippen molar-refractivity contribution in [2.45, 2.75) is 18.7 Å². The molecule has 0 aliphatic rings. The van der Waals surface area contributed by atoms with Crippen molar-refractivity contribution in [3.8, 4) is 0 Å². The number of nitrogens with one attached hydrogen (secondary N) is 1. The first-order valence-electron chi connectivity index (χ1n) is 8.75. The van der Waals surface area contributed by atoms with E-state index in [0.717, 1.165) is 21.1 Å². The number of nitrogens with zero attached hydrogens (tertiary/aromatic N) is 3. The van der Waals surface area contributed by atoms with E-state index in [9.17, 15) is 13.2 Å². The summed E-state index contributed by atoms with van der Waals surface area (Å²) in [5.41, 5.74) is 5.93. The highest BCUT2D eigenvalue weighted by atomic mass is 32.2. The molecular weight excluding hydrogens is 376 g/mol. The summed E-state index contributed by atoms with van der Waals surface area (Å²) in [4.78, 5) is 14.3. The van der Waals surface area contributed by atoms with Crippen molar-refractivity contribution in [3.63, 3.8) is 0 Å². The molecule has 28 heavy (non-hydrogen) atoms. The maximum absolute atomic E-state index is 12.5. The zero-order valence-corrected chi connectivity index (χ0v) is 17.6. The van der Waals surface area contributed by atoms with E-state index in [1.54, 1.807) is 19.1 Å². The number of sulfonamides is 1. The number of amides is 1. The molecule has 0 bridgehead atoms. The third-order valence-electron chi connectivity index (χ3n) is 4.25. The van der Waals surface area contributed by atoms with E-state index in [-0.39, 0.29) is 11.4 Å². The molecule has 1 amide bonds. The van der Waals surface area contributed by atoms with Crippen LogP contribution in [0.3, 0.4) is 0 Å². The molecular formula is C20H26N4O3S. The number of anilines is 1. The molecule has 7 nitrogen and oxygen atoms in total. The lowest BCUT2D eigenvalue weighted by Gasteiger charge is -2.16. The Morgan fingerprint density at radius 1 is 1.00 bits per heavy atom. The summed E-state index contributed by atoms with van der Waals surface area (Å²) in [6.45, 7) is 3.33. The Kier molecular flexibility index (Phi) is 6.93. The summed E-state index contributed by atoms with van der Waals surface area (Å²) in [5.74, 6) is -0.512. The van der Waals surface area contributed by atoms with Crippen molar-refractivity contribution >= 4 is 27.3 Å². The molecule has 0 fully saturated rings. The average molecular weight is 403 g/mol. The lowest BCUT2D eigenvalue weighted by molar-refractivity contribution is -0.121. The number of hydrogen-bond acceptors (Lipinski definition) is 5. The molecule has 2 rings (SSSR count). The average Bonchev–Trinajstić information content (AvgIpc) is 2.66. The molecule has 0 saturated heterocycles. The number of hydrazone groups is 1. The minimum Gasteiger partial charge on any atom is -0.378 e. The van der Waals surface area contributed by atoms with Crippen molar-refractivity contribution in [2.75, 3.05) is 32.6 Å². The zero-order valence-electron chi connectivity index (χ0n) is 16.8. The van der Waals surface area contributed by atoms with Crippen molar-refractivity contribution in [1.82, 2.24) is 9.73 Å². The highest BCUT2D eigenvalue weighted by Gasteiger charge is 2.22. The minimum absolute atomic E-state index is 0.147. The fourth-order valence-corrected chi connectivity index (χ4v) is 3.55. The number of likely N-dealkylation sites (N-methyl/N-ethyl adjacent to an activating group) is 1. The van der Waals surface area contributed by atoms with E-state index in [2.05, 4.69) is 10.5 Å². The van der Waals surface area contributed by atoms with Crippen LogP contribution in [0.1, 0.15) is 18.1 Å². The Labute approximate surface area is 166 Å². The molecule has 0 unspecified atom stereocenters. The van der Waals surface area contributed by atoms with Gasteiger partial charge in [-0.25, -0.2) is 13.8 Å². The third kappa shape index (κ3) is 5.40. The number of benzene rings is 2. The Balaban J connectivity index is 2.00. The van der Waals surface area contributed by atoms with Gasteiger partial charge in [-0.05, 0) is 43.7 Å². The predicted octanol–water partition coefficient (Wildman–Crippen LogP) is 2.22. The lowest BCUT2D eigenvalue weighted by Crippen LogP contribution is -2.36. The van der Waals surface area contributed by atoms with Crippen molar-refractivity contribution in [3.05, 3.63) is 59.7 Å². The molecule has 0 spiro atoms. The van der Waals surface area contributed by atoms with Crippen molar-refractivity contribution < 1.29 is 13.2 Å². The third-order valence-corrected chi connectivity index (χ3v) is 6.06. The SMILES string of the molecule is C/C(=N/NC(=O)CN(C)S(=O)(=O)c1ccc(C)cc1)c1ccc(N(C)C)cc1. The number of rotatable bonds is 7. The van der Waals surface area contributed by atoms with Gasteiger partial charge in [0.1, 0.15) is 0 Å². The maximum Gasteiger partial charge on any atom is 0.255 e. The van der Waals surface area contributed by atoms with E-state index in [1.807, 2.05) is 50.2 Å². The van der Waals surface area contributed by atoms with Crippen LogP contribution in [0.25, 0.3) is 0 Å². The Morgan fingerprint density at radius 2 is 1.57 bits per heavy atom. The quantitative estimate of drug-likeness (QED) is 0.569. The maximum atomic E-state index is 12.5. The van der Waals surface area contributed by atoms with Gasteiger partial charge in [-0.15, -0.1) is 0 Å². The lowest BCUT2D eigenvalue weighted by atomic mass is 10.1. The Bertz CT molecular complexity index is 950. The predicted molar refractivity (Wildman–Crippen MR) is 112 cm³/mol. The fraction of sp³-hybridized carbons (Fsp3) is 0.300. The molecule has 8 heteroatoms. The molecule has 2 aromatic carbocycles. The van der Waals surface area contributed by atoms with Gasteiger partial charge in [-0.2, -0.15) is 9.41 Å². The summed E-state index contributed by atoms with van der Waals surface area (Å²) in [7, 11) is 1.54. The van der Waals surface area contributed by atoms with E-state index in [4.69, 9.17) is 0 Å². The largest absolute Gasteiger partial charge is 0.378 e. The zero-order chi connectivity index (χ0) is 20.9. The van der Waals surface area contributed by atoms with Crippen LogP contribution in [0.2, 0.25) is 0 Å². The summed E-state index contributed by atoms with van der Waals surface area (Å²) in [6, 6.07) is 14.2. The van der Waals surface area contributed by atoms with E-state index < -0.39 is 15.9 Å². The molecule has 1 N–H and O–H groups in total. The molecule has 150 valence electrons. The number of carbonyl (C=O) groups excluding carboxylic acids is 1. The fourth-order valence-electron chi connectivity index (χ4n) is 2.42. The van der Waals surface area contributed by atoms with Crippen molar-refractivity contribution in [1.29, 1.82) is 0 Å². The van der Waals surface area contributed by atoms with E-state index >= 15 is 0 Å². The van der Waals surface area contributed by atoms with Crippen LogP contribution >= 0.6 is 0 Å². The van der Waals surface area contributed by atoms with Crippen LogP contribution in [0.5, 0.6) is 0 Å². The second-order valence-corrected chi connectivity index (χ2v) is 8.79. The number of carbonyl (C=O) groups is 1. The standard InChI is InChI=1S/C20H26N4O3S/c1-15-6-12-19(13-7-15)28(26,27)24(5)14-20(25)22-21-16(2)17-8-10-18(11-9-17)23(3)4/h6-13H,14H2,1-5H3,(H,22,25)/b21-16-. The monoisotopic (exact) mass is 402 g/mol. The van der Waals surface area contributed by atoms with E-state index in [1.165, 1.54) is 19.2 Å². The van der Waals surface area contributed by atoms with Gasteiger partial charge in [0.25, 0.3) is 5.91 Å². The molecule has 2 aromatic rings. The highest BCUT2D eigenvalue weighted by Crippen LogP contribution is 2.15. The molecule has 0 aromatic heterocycles. The number of aryl methyl sites for hydroxylation is 1. The van der Waals surface area contributed by atoms with Crippen molar-refractivity contribution in [2.24, 2.45) is 5.10 Å². The Morgan fingerprint density at radius 3 is 2.11 bits per heavy atom. The summed E-state index contributed by atoms with van der Waals surface area (Å²) in [6.07, 6.45) is 0. The van der Waals surface area contributed by atoms with Gasteiger partial charge in [-0.3, -0.25) is 4.79 Å². The van der Waals surface area contributed by atoms with Crippen LogP contribution in [0.4, 0.5) is 5.69 Å². The topological polar surface area (TPSA) is 82.1 Å². The molecule has 0 atom stereocenters. The van der Waals surface area contributed by atoms with Gasteiger partial charge in [0, 0.05) is 26.8 Å². The first kappa shape index (κ1) is 21.6. The van der Waals surface area contributed by atoms with Crippen LogP contribution in [0, 0.1) is 6.92 Å². The van der Waals surface area contributed by atoms with Gasteiger partial charge < -0.3 is 4.90 Å². The van der Waals surface area contributed by atoms with Gasteiger partial charge in [0.15, 0.2) is 0 Å².